The van der Waals surface area contributed by atoms with Gasteiger partial charge in [-0.15, -0.1) is 11.3 Å². The molecule has 2 aromatic rings. The van der Waals surface area contributed by atoms with E-state index in [-0.39, 0.29) is 0 Å². The second-order valence-corrected chi connectivity index (χ2v) is 3.90. The van der Waals surface area contributed by atoms with Gasteiger partial charge in [-0.05, 0) is 41.8 Å². The lowest BCUT2D eigenvalue weighted by atomic mass is 10.3. The molecule has 0 amide bonds. The van der Waals surface area contributed by atoms with Crippen LogP contribution in [0, 0.1) is 18.8 Å². The summed E-state index contributed by atoms with van der Waals surface area (Å²) in [6.45, 7) is 2.02. The van der Waals surface area contributed by atoms with E-state index in [0.717, 1.165) is 16.1 Å². The summed E-state index contributed by atoms with van der Waals surface area (Å²) in [7, 11) is 0. The maximum atomic E-state index is 4.21. The minimum atomic E-state index is 0.823. The Hall–Kier alpha value is -1.59. The molecule has 2 heterocycles. The molecule has 68 valence electrons. The number of hydrogen-bond acceptors (Lipinski definition) is 2. The molecule has 0 saturated carbocycles. The Labute approximate surface area is 87.4 Å². The lowest BCUT2D eigenvalue weighted by Crippen LogP contribution is -1.81. The molecule has 2 heteroatoms. The van der Waals surface area contributed by atoms with Gasteiger partial charge in [0, 0.05) is 6.20 Å². The molecule has 0 aliphatic rings. The smallest absolute Gasteiger partial charge is 0.113 e. The van der Waals surface area contributed by atoms with Gasteiger partial charge in [0.05, 0.1) is 4.88 Å². The Morgan fingerprint density at radius 2 is 2.14 bits per heavy atom. The fraction of sp³-hybridized carbons (Fsp3) is 0.0833. The minimum absolute atomic E-state index is 0.823. The molecule has 0 atom stereocenters. The van der Waals surface area contributed by atoms with Gasteiger partial charge in [-0.3, -0.25) is 0 Å². The van der Waals surface area contributed by atoms with Gasteiger partial charge in [0.15, 0.2) is 0 Å². The summed E-state index contributed by atoms with van der Waals surface area (Å²) in [6, 6.07) is 7.96. The first-order chi connectivity index (χ1) is 6.84. The summed E-state index contributed by atoms with van der Waals surface area (Å²) in [5, 5.41) is 2.02. The Morgan fingerprint density at radius 3 is 2.79 bits per heavy atom. The van der Waals surface area contributed by atoms with Gasteiger partial charge < -0.3 is 0 Å². The van der Waals surface area contributed by atoms with Crippen LogP contribution in [0.5, 0.6) is 0 Å². The summed E-state index contributed by atoms with van der Waals surface area (Å²) < 4.78 is 0. The van der Waals surface area contributed by atoms with Gasteiger partial charge in [0.2, 0.25) is 0 Å². The molecular weight excluding hydrogens is 190 g/mol. The van der Waals surface area contributed by atoms with Crippen molar-refractivity contribution in [2.45, 2.75) is 6.92 Å². The van der Waals surface area contributed by atoms with Crippen LogP contribution in [0.2, 0.25) is 0 Å². The van der Waals surface area contributed by atoms with E-state index in [4.69, 9.17) is 0 Å². The monoisotopic (exact) mass is 199 g/mol. The zero-order chi connectivity index (χ0) is 9.80. The zero-order valence-corrected chi connectivity index (χ0v) is 8.64. The van der Waals surface area contributed by atoms with Crippen molar-refractivity contribution < 1.29 is 0 Å². The topological polar surface area (TPSA) is 12.9 Å². The van der Waals surface area contributed by atoms with Crippen LogP contribution in [0.1, 0.15) is 16.1 Å². The van der Waals surface area contributed by atoms with Crippen LogP contribution in [-0.2, 0) is 0 Å². The fourth-order valence-corrected chi connectivity index (χ4v) is 1.59. The molecule has 0 spiro atoms. The van der Waals surface area contributed by atoms with Crippen LogP contribution in [0.15, 0.2) is 35.8 Å². The number of aryl methyl sites for hydroxylation is 1. The van der Waals surface area contributed by atoms with Gasteiger partial charge >= 0.3 is 0 Å². The maximum Gasteiger partial charge on any atom is 0.113 e. The molecule has 14 heavy (non-hydrogen) atoms. The predicted octanol–water partition coefficient (Wildman–Crippen LogP) is 2.85. The highest BCUT2D eigenvalue weighted by molar-refractivity contribution is 7.10. The van der Waals surface area contributed by atoms with Crippen LogP contribution < -0.4 is 0 Å². The number of aromatic nitrogens is 1. The second kappa shape index (κ2) is 4.08. The molecule has 1 nitrogen and oxygen atoms in total. The van der Waals surface area contributed by atoms with E-state index in [9.17, 15) is 0 Å². The van der Waals surface area contributed by atoms with Gasteiger partial charge in [-0.1, -0.05) is 12.1 Å². The van der Waals surface area contributed by atoms with Gasteiger partial charge in [0.1, 0.15) is 5.69 Å². The van der Waals surface area contributed by atoms with Crippen molar-refractivity contribution in [1.29, 1.82) is 0 Å². The average Bonchev–Trinajstić information content (AvgIpc) is 2.70. The molecule has 0 saturated heterocycles. The Balaban J connectivity index is 2.22. The van der Waals surface area contributed by atoms with E-state index >= 15 is 0 Å². The number of hydrogen-bond donors (Lipinski definition) is 0. The standard InChI is InChI=1S/C12H9NS/c1-10-4-5-11(13-9-10)6-7-12-3-2-8-14-12/h2-5,8-9H,1H3. The molecular formula is C12H9NS. The highest BCUT2D eigenvalue weighted by Crippen LogP contribution is 2.06. The minimum Gasteiger partial charge on any atom is -0.248 e. The third kappa shape index (κ3) is 2.21. The molecule has 2 aromatic heterocycles. The summed E-state index contributed by atoms with van der Waals surface area (Å²) in [5.41, 5.74) is 1.98. The van der Waals surface area contributed by atoms with Crippen molar-refractivity contribution in [3.63, 3.8) is 0 Å². The van der Waals surface area contributed by atoms with Crippen molar-refractivity contribution in [2.24, 2.45) is 0 Å². The van der Waals surface area contributed by atoms with Crippen molar-refractivity contribution in [3.05, 3.63) is 52.0 Å². The number of nitrogens with zero attached hydrogens (tertiary/aromatic N) is 1. The average molecular weight is 199 g/mol. The molecule has 0 bridgehead atoms. The van der Waals surface area contributed by atoms with Crippen molar-refractivity contribution in [3.8, 4) is 11.8 Å². The predicted molar refractivity (Wildman–Crippen MR) is 59.3 cm³/mol. The summed E-state index contributed by atoms with van der Waals surface area (Å²) in [6.07, 6.45) is 1.83. The molecule has 0 N–H and O–H groups in total. The highest BCUT2D eigenvalue weighted by Gasteiger charge is 1.88. The van der Waals surface area contributed by atoms with E-state index in [1.54, 1.807) is 11.3 Å². The second-order valence-electron chi connectivity index (χ2n) is 2.95. The van der Waals surface area contributed by atoms with Crippen LogP contribution in [0.25, 0.3) is 0 Å². The van der Waals surface area contributed by atoms with Gasteiger partial charge in [0.25, 0.3) is 0 Å². The lowest BCUT2D eigenvalue weighted by Gasteiger charge is -1.89. The summed E-state index contributed by atoms with van der Waals surface area (Å²) >= 11 is 1.64. The van der Waals surface area contributed by atoms with Crippen molar-refractivity contribution in [1.82, 2.24) is 4.98 Å². The first-order valence-corrected chi connectivity index (χ1v) is 5.21. The fourth-order valence-electron chi connectivity index (χ4n) is 1.02. The van der Waals surface area contributed by atoms with E-state index in [1.807, 2.05) is 42.8 Å². The molecule has 0 radical (unpaired) electrons. The number of thiophene rings is 1. The van der Waals surface area contributed by atoms with Crippen molar-refractivity contribution in [2.75, 3.05) is 0 Å². The van der Waals surface area contributed by atoms with E-state index < -0.39 is 0 Å². The third-order valence-corrected chi connectivity index (χ3v) is 2.53. The van der Waals surface area contributed by atoms with Crippen molar-refractivity contribution >= 4 is 11.3 Å². The van der Waals surface area contributed by atoms with Crippen LogP contribution in [0.4, 0.5) is 0 Å². The first-order valence-electron chi connectivity index (χ1n) is 4.33. The molecule has 0 unspecified atom stereocenters. The Kier molecular flexibility index (Phi) is 2.62. The molecule has 0 aliphatic carbocycles. The first kappa shape index (κ1) is 8.98. The normalized spacial score (nSPS) is 9.21. The van der Waals surface area contributed by atoms with E-state index in [0.29, 0.717) is 0 Å². The maximum absolute atomic E-state index is 4.21. The summed E-state index contributed by atoms with van der Waals surface area (Å²) in [5.74, 6) is 6.09. The quantitative estimate of drug-likeness (QED) is 0.594. The molecule has 2 rings (SSSR count). The van der Waals surface area contributed by atoms with Gasteiger partial charge in [-0.25, -0.2) is 4.98 Å². The SMILES string of the molecule is Cc1ccc(C#Cc2cccs2)nc1. The molecule has 0 aromatic carbocycles. The number of pyridine rings is 1. The Bertz CT molecular complexity index is 457. The van der Waals surface area contributed by atoms with Gasteiger partial charge in [-0.2, -0.15) is 0 Å². The van der Waals surface area contributed by atoms with Crippen LogP contribution in [0.3, 0.4) is 0 Å². The molecule has 0 aliphatic heterocycles. The Morgan fingerprint density at radius 1 is 1.21 bits per heavy atom. The lowest BCUT2D eigenvalue weighted by molar-refractivity contribution is 1.24. The zero-order valence-electron chi connectivity index (χ0n) is 7.82. The highest BCUT2D eigenvalue weighted by atomic mass is 32.1. The van der Waals surface area contributed by atoms with Crippen LogP contribution in [-0.4, -0.2) is 4.98 Å². The van der Waals surface area contributed by atoms with Crippen LogP contribution >= 0.6 is 11.3 Å². The molecule has 0 fully saturated rings. The third-order valence-electron chi connectivity index (χ3n) is 1.75. The van der Waals surface area contributed by atoms with E-state index in [2.05, 4.69) is 16.8 Å². The summed E-state index contributed by atoms with van der Waals surface area (Å²) in [4.78, 5) is 5.29. The largest absolute Gasteiger partial charge is 0.248 e. The van der Waals surface area contributed by atoms with E-state index in [1.165, 1.54) is 0 Å². The number of rotatable bonds is 0.